The van der Waals surface area contributed by atoms with Gasteiger partial charge in [0.05, 0.1) is 6.10 Å². The van der Waals surface area contributed by atoms with E-state index in [4.69, 9.17) is 0 Å². The van der Waals surface area contributed by atoms with Gasteiger partial charge in [-0.3, -0.25) is 0 Å². The third-order valence-electron chi connectivity index (χ3n) is 3.38. The molecule has 2 atom stereocenters. The highest BCUT2D eigenvalue weighted by atomic mass is 16.3. The molecule has 2 rings (SSSR count). The number of hydrogen-bond donors (Lipinski definition) is 1. The number of rotatable bonds is 2. The van der Waals surface area contributed by atoms with Crippen LogP contribution in [-0.4, -0.2) is 47.7 Å². The SMILES string of the molecule is CC1CN(C)CCN1c1ccc([C@H](C)O)cn1. The molecule has 4 heteroatoms. The predicted molar refractivity (Wildman–Crippen MR) is 69.2 cm³/mol. The van der Waals surface area contributed by atoms with Crippen LogP contribution < -0.4 is 4.90 Å². The summed E-state index contributed by atoms with van der Waals surface area (Å²) in [6.07, 6.45) is 1.33. The van der Waals surface area contributed by atoms with Crippen LogP contribution in [0.4, 0.5) is 5.82 Å². The molecule has 0 saturated carbocycles. The Kier molecular flexibility index (Phi) is 3.64. The molecule has 0 bridgehead atoms. The van der Waals surface area contributed by atoms with Crippen molar-refractivity contribution in [2.45, 2.75) is 26.0 Å². The van der Waals surface area contributed by atoms with Crippen LogP contribution in [0.2, 0.25) is 0 Å². The molecule has 1 N–H and O–H groups in total. The quantitative estimate of drug-likeness (QED) is 0.838. The lowest BCUT2D eigenvalue weighted by atomic mass is 10.1. The van der Waals surface area contributed by atoms with E-state index in [0.717, 1.165) is 31.0 Å². The summed E-state index contributed by atoms with van der Waals surface area (Å²) in [6, 6.07) is 4.45. The summed E-state index contributed by atoms with van der Waals surface area (Å²) in [5.41, 5.74) is 0.871. The van der Waals surface area contributed by atoms with Gasteiger partial charge in [-0.05, 0) is 32.5 Å². The molecule has 2 heterocycles. The molecule has 1 aliphatic heterocycles. The number of pyridine rings is 1. The van der Waals surface area contributed by atoms with E-state index in [1.54, 1.807) is 13.1 Å². The molecule has 1 aromatic heterocycles. The van der Waals surface area contributed by atoms with Crippen LogP contribution in [0.5, 0.6) is 0 Å². The van der Waals surface area contributed by atoms with Crippen molar-refractivity contribution in [2.75, 3.05) is 31.6 Å². The molecule has 0 radical (unpaired) electrons. The number of anilines is 1. The van der Waals surface area contributed by atoms with E-state index in [0.29, 0.717) is 6.04 Å². The second-order valence-corrected chi connectivity index (χ2v) is 4.93. The zero-order valence-corrected chi connectivity index (χ0v) is 10.8. The van der Waals surface area contributed by atoms with Gasteiger partial charge in [-0.2, -0.15) is 0 Å². The highest BCUT2D eigenvalue weighted by Crippen LogP contribution is 2.19. The lowest BCUT2D eigenvalue weighted by Crippen LogP contribution is -2.50. The largest absolute Gasteiger partial charge is 0.389 e. The maximum atomic E-state index is 9.45. The van der Waals surface area contributed by atoms with Crippen LogP contribution >= 0.6 is 0 Å². The fourth-order valence-corrected chi connectivity index (χ4v) is 2.29. The number of aliphatic hydroxyl groups is 1. The van der Waals surface area contributed by atoms with Crippen LogP contribution in [0.15, 0.2) is 18.3 Å². The maximum absolute atomic E-state index is 9.45. The molecule has 1 fully saturated rings. The van der Waals surface area contributed by atoms with E-state index < -0.39 is 6.10 Å². The minimum absolute atomic E-state index is 0.443. The summed E-state index contributed by atoms with van der Waals surface area (Å²) in [5.74, 6) is 1.01. The van der Waals surface area contributed by atoms with E-state index >= 15 is 0 Å². The molecule has 4 nitrogen and oxygen atoms in total. The van der Waals surface area contributed by atoms with Crippen molar-refractivity contribution in [1.29, 1.82) is 0 Å². The van der Waals surface area contributed by atoms with Gasteiger partial charge in [-0.15, -0.1) is 0 Å². The smallest absolute Gasteiger partial charge is 0.128 e. The van der Waals surface area contributed by atoms with Crippen molar-refractivity contribution in [2.24, 2.45) is 0 Å². The van der Waals surface area contributed by atoms with Crippen molar-refractivity contribution < 1.29 is 5.11 Å². The minimum Gasteiger partial charge on any atom is -0.389 e. The van der Waals surface area contributed by atoms with Crippen molar-refractivity contribution in [3.63, 3.8) is 0 Å². The molecule has 17 heavy (non-hydrogen) atoms. The second kappa shape index (κ2) is 5.02. The number of piperazine rings is 1. The van der Waals surface area contributed by atoms with Crippen LogP contribution in [0.3, 0.4) is 0 Å². The van der Waals surface area contributed by atoms with Gasteiger partial charge >= 0.3 is 0 Å². The summed E-state index contributed by atoms with van der Waals surface area (Å²) >= 11 is 0. The first-order valence-electron chi connectivity index (χ1n) is 6.17. The molecule has 1 unspecified atom stereocenters. The highest BCUT2D eigenvalue weighted by molar-refractivity contribution is 5.41. The molecule has 0 amide bonds. The topological polar surface area (TPSA) is 39.6 Å². The number of nitrogens with zero attached hydrogens (tertiary/aromatic N) is 3. The van der Waals surface area contributed by atoms with Gasteiger partial charge in [0.25, 0.3) is 0 Å². The minimum atomic E-state index is -0.443. The van der Waals surface area contributed by atoms with Crippen molar-refractivity contribution in [3.8, 4) is 0 Å². The predicted octanol–water partition coefficient (Wildman–Crippen LogP) is 1.28. The first kappa shape index (κ1) is 12.3. The molecule has 1 saturated heterocycles. The van der Waals surface area contributed by atoms with E-state index in [9.17, 15) is 5.11 Å². The van der Waals surface area contributed by atoms with Crippen LogP contribution in [0.25, 0.3) is 0 Å². The van der Waals surface area contributed by atoms with Gasteiger partial charge in [0, 0.05) is 31.9 Å². The van der Waals surface area contributed by atoms with Gasteiger partial charge in [-0.1, -0.05) is 6.07 Å². The molecule has 0 aliphatic carbocycles. The molecule has 0 aromatic carbocycles. The first-order valence-corrected chi connectivity index (χ1v) is 6.17. The van der Waals surface area contributed by atoms with Gasteiger partial charge in [0.15, 0.2) is 0 Å². The zero-order valence-electron chi connectivity index (χ0n) is 10.8. The Balaban J connectivity index is 2.11. The van der Waals surface area contributed by atoms with Crippen molar-refractivity contribution in [1.82, 2.24) is 9.88 Å². The van der Waals surface area contributed by atoms with Gasteiger partial charge in [-0.25, -0.2) is 4.98 Å². The van der Waals surface area contributed by atoms with Crippen molar-refractivity contribution in [3.05, 3.63) is 23.9 Å². The normalized spacial score (nSPS) is 23.8. The van der Waals surface area contributed by atoms with Gasteiger partial charge in [0.1, 0.15) is 5.82 Å². The summed E-state index contributed by atoms with van der Waals surface area (Å²) < 4.78 is 0. The third kappa shape index (κ3) is 2.76. The Morgan fingerprint density at radius 2 is 2.18 bits per heavy atom. The van der Waals surface area contributed by atoms with E-state index in [1.165, 1.54) is 0 Å². The maximum Gasteiger partial charge on any atom is 0.128 e. The van der Waals surface area contributed by atoms with E-state index in [-0.39, 0.29) is 0 Å². The fraction of sp³-hybridized carbons (Fsp3) is 0.615. The molecule has 0 spiro atoms. The molecular weight excluding hydrogens is 214 g/mol. The molecule has 1 aliphatic rings. The van der Waals surface area contributed by atoms with E-state index in [1.807, 2.05) is 12.1 Å². The van der Waals surface area contributed by atoms with Crippen molar-refractivity contribution >= 4 is 5.82 Å². The van der Waals surface area contributed by atoms with E-state index in [2.05, 4.69) is 28.8 Å². The van der Waals surface area contributed by atoms with Gasteiger partial charge < -0.3 is 14.9 Å². The van der Waals surface area contributed by atoms with Gasteiger partial charge in [0.2, 0.25) is 0 Å². The Labute approximate surface area is 103 Å². The Morgan fingerprint density at radius 3 is 2.71 bits per heavy atom. The molecular formula is C13H21N3O. The Hall–Kier alpha value is -1.13. The summed E-state index contributed by atoms with van der Waals surface area (Å²) in [4.78, 5) is 9.11. The fourth-order valence-electron chi connectivity index (χ4n) is 2.29. The van der Waals surface area contributed by atoms with Crippen LogP contribution in [0.1, 0.15) is 25.5 Å². The average Bonchev–Trinajstić information content (AvgIpc) is 2.29. The third-order valence-corrected chi connectivity index (χ3v) is 3.38. The highest BCUT2D eigenvalue weighted by Gasteiger charge is 2.22. The lowest BCUT2D eigenvalue weighted by Gasteiger charge is -2.39. The van der Waals surface area contributed by atoms with Crippen LogP contribution in [0, 0.1) is 0 Å². The second-order valence-electron chi connectivity index (χ2n) is 4.93. The van der Waals surface area contributed by atoms with Crippen LogP contribution in [-0.2, 0) is 0 Å². The molecule has 94 valence electrons. The number of aromatic nitrogens is 1. The summed E-state index contributed by atoms with van der Waals surface area (Å²) in [5, 5.41) is 9.45. The molecule has 1 aromatic rings. The Bertz CT molecular complexity index is 363. The number of likely N-dealkylation sites (N-methyl/N-ethyl adjacent to an activating group) is 1. The summed E-state index contributed by atoms with van der Waals surface area (Å²) in [7, 11) is 2.15. The first-order chi connectivity index (χ1) is 8.08. The monoisotopic (exact) mass is 235 g/mol. The standard InChI is InChI=1S/C13H21N3O/c1-10-9-15(3)6-7-16(10)13-5-4-12(8-14-13)11(2)17/h4-5,8,10-11,17H,6-7,9H2,1-3H3/t10?,11-/m0/s1. The number of aliphatic hydroxyl groups excluding tert-OH is 1. The Morgan fingerprint density at radius 1 is 1.41 bits per heavy atom. The number of hydrogen-bond acceptors (Lipinski definition) is 4. The zero-order chi connectivity index (χ0) is 12.4. The summed E-state index contributed by atoms with van der Waals surface area (Å²) in [6.45, 7) is 7.14. The lowest BCUT2D eigenvalue weighted by molar-refractivity contribution is 0.199. The average molecular weight is 235 g/mol.